The maximum absolute atomic E-state index is 12.9. The number of carboxylic acid groups (broad SMARTS) is 1. The van der Waals surface area contributed by atoms with E-state index in [1.807, 2.05) is 6.07 Å². The summed E-state index contributed by atoms with van der Waals surface area (Å²) in [7, 11) is 0. The van der Waals surface area contributed by atoms with Gasteiger partial charge in [0, 0.05) is 29.7 Å². The van der Waals surface area contributed by atoms with Crippen LogP contribution in [0.3, 0.4) is 0 Å². The zero-order chi connectivity index (χ0) is 24.9. The molecule has 2 aliphatic heterocycles. The molecule has 12 nitrogen and oxygen atoms in total. The maximum atomic E-state index is 12.9. The van der Waals surface area contributed by atoms with E-state index in [-0.39, 0.29) is 29.0 Å². The highest BCUT2D eigenvalue weighted by Crippen LogP contribution is 2.40. The molecule has 4 heterocycles. The van der Waals surface area contributed by atoms with Crippen molar-refractivity contribution in [2.75, 3.05) is 18.1 Å². The fourth-order valence-electron chi connectivity index (χ4n) is 3.32. The lowest BCUT2D eigenvalue weighted by molar-refractivity contribution is -0.150. The van der Waals surface area contributed by atoms with Gasteiger partial charge in [0.25, 0.3) is 11.8 Å². The molecule has 2 aromatic heterocycles. The number of amides is 2. The highest BCUT2D eigenvalue weighted by Gasteiger charge is 2.54. The van der Waals surface area contributed by atoms with Gasteiger partial charge in [-0.3, -0.25) is 19.5 Å². The number of nitrogens with one attached hydrogen (secondary N) is 1. The summed E-state index contributed by atoms with van der Waals surface area (Å²) in [4.78, 5) is 52.0. The van der Waals surface area contributed by atoms with E-state index >= 15 is 0 Å². The number of hydrogen-bond acceptors (Lipinski definition) is 11. The van der Waals surface area contributed by atoms with Crippen LogP contribution in [0.1, 0.15) is 11.4 Å². The van der Waals surface area contributed by atoms with Gasteiger partial charge in [0.1, 0.15) is 23.7 Å². The summed E-state index contributed by atoms with van der Waals surface area (Å²) in [5.74, 6) is -2.28. The summed E-state index contributed by atoms with van der Waals surface area (Å²) in [6, 6.07) is 2.62. The van der Waals surface area contributed by atoms with Crippen molar-refractivity contribution in [3.8, 4) is 0 Å². The highest BCUT2D eigenvalue weighted by molar-refractivity contribution is 8.00. The Kier molecular flexibility index (Phi) is 7.22. The number of rotatable bonds is 9. The first-order valence-corrected chi connectivity index (χ1v) is 11.9. The third kappa shape index (κ3) is 5.07. The van der Waals surface area contributed by atoms with Crippen LogP contribution < -0.4 is 11.1 Å². The van der Waals surface area contributed by atoms with Gasteiger partial charge in [-0.25, -0.2) is 4.79 Å². The van der Waals surface area contributed by atoms with Crippen molar-refractivity contribution < 1.29 is 24.3 Å². The van der Waals surface area contributed by atoms with Crippen molar-refractivity contribution in [3.63, 3.8) is 0 Å². The molecule has 2 aliphatic rings. The summed E-state index contributed by atoms with van der Waals surface area (Å²) >= 11 is 2.21. The number of thioether (sulfide) groups is 1. The van der Waals surface area contributed by atoms with Gasteiger partial charge in [0.05, 0.1) is 0 Å². The molecule has 0 bridgehead atoms. The number of β-lactam (4-membered cyclic amide) rings is 1. The second-order valence-corrected chi connectivity index (χ2v) is 9.03. The monoisotopic (exact) mass is 513 g/mol. The lowest BCUT2D eigenvalue weighted by Crippen LogP contribution is -2.71. The first-order valence-electron chi connectivity index (χ1n) is 10.1. The molecule has 2 aromatic rings. The number of aliphatic carboxylic acids is 1. The average Bonchev–Trinajstić information content (AvgIpc) is 3.29. The van der Waals surface area contributed by atoms with E-state index in [9.17, 15) is 19.5 Å². The van der Waals surface area contributed by atoms with Crippen molar-refractivity contribution in [1.29, 1.82) is 0 Å². The minimum absolute atomic E-state index is 0.0348. The van der Waals surface area contributed by atoms with Crippen LogP contribution in [0.4, 0.5) is 5.13 Å². The number of nitrogens with two attached hydrogens (primary N) is 1. The number of fused-ring (bicyclic) bond motifs is 1. The van der Waals surface area contributed by atoms with Gasteiger partial charge in [-0.1, -0.05) is 36.0 Å². The number of oxime groups is 1. The number of carbonyl (C=O) groups excluding carboxylic acids is 2. The molecule has 1 fully saturated rings. The smallest absolute Gasteiger partial charge is 0.352 e. The normalized spacial score (nSPS) is 19.8. The van der Waals surface area contributed by atoms with E-state index in [1.165, 1.54) is 22.7 Å². The lowest BCUT2D eigenvalue weighted by Gasteiger charge is -2.49. The topological polar surface area (TPSA) is 173 Å². The summed E-state index contributed by atoms with van der Waals surface area (Å²) in [5, 5.41) is 15.7. The minimum atomic E-state index is -1.23. The molecule has 0 spiro atoms. The van der Waals surface area contributed by atoms with E-state index in [0.29, 0.717) is 11.3 Å². The van der Waals surface area contributed by atoms with Crippen LogP contribution in [0.5, 0.6) is 0 Å². The molecule has 0 saturated carbocycles. The number of carbonyl (C=O) groups is 3. The predicted molar refractivity (Wildman–Crippen MR) is 130 cm³/mol. The Morgan fingerprint density at radius 3 is 2.91 bits per heavy atom. The number of allylic oxidation sites excluding steroid dienone is 1. The zero-order valence-electron chi connectivity index (χ0n) is 18.0. The largest absolute Gasteiger partial charge is 0.477 e. The van der Waals surface area contributed by atoms with Gasteiger partial charge in [0.15, 0.2) is 5.13 Å². The standard InChI is InChI=1S/C21H19N7O5S2/c1-2-8-33-26-13(16-25-21(22)35-27-16)17(29)24-14-18(30)28-15(20(31)32)12(10-34-19(14)28)6-5-11-4-3-7-23-9-11/h2-7,9,14,19H,1,8,10H2,(H,24,29)(H,31,32)(H2,22,25,27)/b6-5+,26-13-/t14?,19-/m1/s1. The van der Waals surface area contributed by atoms with Gasteiger partial charge in [-0.05, 0) is 17.2 Å². The Labute approximate surface area is 207 Å². The van der Waals surface area contributed by atoms with Gasteiger partial charge in [-0.2, -0.15) is 9.36 Å². The molecule has 4 N–H and O–H groups in total. The molecule has 1 saturated heterocycles. The molecular weight excluding hydrogens is 494 g/mol. The number of nitrogen functional groups attached to an aromatic ring is 1. The third-order valence-electron chi connectivity index (χ3n) is 4.87. The van der Waals surface area contributed by atoms with Crippen molar-refractivity contribution in [2.45, 2.75) is 11.4 Å². The van der Waals surface area contributed by atoms with E-state index < -0.39 is 29.2 Å². The first-order chi connectivity index (χ1) is 16.9. The number of aromatic nitrogens is 3. The van der Waals surface area contributed by atoms with Crippen LogP contribution in [0.2, 0.25) is 0 Å². The van der Waals surface area contributed by atoms with Gasteiger partial charge in [0.2, 0.25) is 11.5 Å². The van der Waals surface area contributed by atoms with E-state index in [0.717, 1.165) is 17.1 Å². The summed E-state index contributed by atoms with van der Waals surface area (Å²) in [5.41, 5.74) is 6.48. The van der Waals surface area contributed by atoms with Crippen LogP contribution >= 0.6 is 23.3 Å². The molecule has 14 heteroatoms. The molecule has 0 aliphatic carbocycles. The quantitative estimate of drug-likeness (QED) is 0.144. The predicted octanol–water partition coefficient (Wildman–Crippen LogP) is 0.874. The van der Waals surface area contributed by atoms with Crippen LogP contribution in [0.15, 0.2) is 59.7 Å². The van der Waals surface area contributed by atoms with Crippen molar-refractivity contribution in [2.24, 2.45) is 5.16 Å². The summed E-state index contributed by atoms with van der Waals surface area (Å²) in [6.07, 6.45) is 8.10. The Hall–Kier alpha value is -4.04. The number of carboxylic acids is 1. The lowest BCUT2D eigenvalue weighted by atomic mass is 10.0. The number of pyridine rings is 1. The second-order valence-electron chi connectivity index (χ2n) is 7.14. The fourth-order valence-corrected chi connectivity index (χ4v) is 5.07. The molecule has 35 heavy (non-hydrogen) atoms. The minimum Gasteiger partial charge on any atom is -0.477 e. The molecule has 180 valence electrons. The molecule has 2 amide bonds. The van der Waals surface area contributed by atoms with Crippen LogP contribution in [-0.2, 0) is 19.2 Å². The van der Waals surface area contributed by atoms with Gasteiger partial charge >= 0.3 is 5.97 Å². The third-order valence-corrected chi connectivity index (χ3v) is 6.71. The van der Waals surface area contributed by atoms with Crippen LogP contribution in [-0.4, -0.2) is 71.6 Å². The Morgan fingerprint density at radius 2 is 2.26 bits per heavy atom. The average molecular weight is 514 g/mol. The van der Waals surface area contributed by atoms with Gasteiger partial charge < -0.3 is 21.0 Å². The molecule has 2 atom stereocenters. The maximum Gasteiger partial charge on any atom is 0.352 e. The van der Waals surface area contributed by atoms with Crippen LogP contribution in [0.25, 0.3) is 6.08 Å². The molecule has 0 radical (unpaired) electrons. The molecule has 0 aromatic carbocycles. The Balaban J connectivity index is 1.53. The fraction of sp³-hybridized carbons (Fsp3) is 0.190. The van der Waals surface area contributed by atoms with E-state index in [1.54, 1.807) is 30.6 Å². The number of nitrogens with zero attached hydrogens (tertiary/aromatic N) is 5. The number of hydrogen-bond donors (Lipinski definition) is 3. The van der Waals surface area contributed by atoms with Crippen molar-refractivity contribution >= 4 is 58.0 Å². The Morgan fingerprint density at radius 1 is 1.43 bits per heavy atom. The van der Waals surface area contributed by atoms with Gasteiger partial charge in [-0.15, -0.1) is 11.8 Å². The second kappa shape index (κ2) is 10.5. The Bertz CT molecular complexity index is 1260. The zero-order valence-corrected chi connectivity index (χ0v) is 19.7. The highest BCUT2D eigenvalue weighted by atomic mass is 32.2. The SMILES string of the molecule is C=CCO/N=C(\C(=O)NC1C(=O)N2C(C(=O)O)=C(/C=C/c3cccnc3)CS[C@H]12)c1nsc(N)n1. The molecular formula is C21H19N7O5S2. The van der Waals surface area contributed by atoms with Crippen molar-refractivity contribution in [3.05, 3.63) is 65.9 Å². The van der Waals surface area contributed by atoms with Crippen LogP contribution in [0, 0.1) is 0 Å². The number of anilines is 1. The van der Waals surface area contributed by atoms with E-state index in [4.69, 9.17) is 10.6 Å². The first kappa shape index (κ1) is 24.1. The molecule has 1 unspecified atom stereocenters. The molecule has 4 rings (SSSR count). The summed E-state index contributed by atoms with van der Waals surface area (Å²) in [6.45, 7) is 3.54. The van der Waals surface area contributed by atoms with E-state index in [2.05, 4.69) is 31.4 Å². The van der Waals surface area contributed by atoms with Crippen molar-refractivity contribution in [1.82, 2.24) is 24.6 Å². The summed E-state index contributed by atoms with van der Waals surface area (Å²) < 4.78 is 3.97.